The van der Waals surface area contributed by atoms with Gasteiger partial charge in [0.05, 0.1) is 6.20 Å². The molecule has 0 aliphatic heterocycles. The lowest BCUT2D eigenvalue weighted by molar-refractivity contribution is -0.143. The molecule has 7 heteroatoms. The second-order valence-electron chi connectivity index (χ2n) is 1.82. The van der Waals surface area contributed by atoms with Crippen LogP contribution in [-0.2, 0) is 11.0 Å². The van der Waals surface area contributed by atoms with E-state index in [0.717, 1.165) is 6.20 Å². The van der Waals surface area contributed by atoms with Crippen molar-refractivity contribution in [1.29, 1.82) is 0 Å². The first-order chi connectivity index (χ1) is 5.55. The van der Waals surface area contributed by atoms with Crippen LogP contribution in [0.4, 0.5) is 13.2 Å². The number of nitrogens with zero attached hydrogens (tertiary/aromatic N) is 1. The van der Waals surface area contributed by atoms with Gasteiger partial charge in [-0.15, -0.1) is 0 Å². The van der Waals surface area contributed by atoms with Crippen LogP contribution in [0.1, 0.15) is 5.69 Å². The molecule has 4 nitrogen and oxygen atoms in total. The Morgan fingerprint density at radius 1 is 1.58 bits per heavy atom. The highest BCUT2D eigenvalue weighted by molar-refractivity contribution is 5.46. The average molecular weight is 180 g/mol. The molecule has 0 atom stereocenters. The molecule has 0 saturated heterocycles. The molecule has 0 spiro atoms. The molecule has 1 heterocycles. The third-order valence-electron chi connectivity index (χ3n) is 1.06. The summed E-state index contributed by atoms with van der Waals surface area (Å²) in [7, 11) is 0. The van der Waals surface area contributed by atoms with Crippen LogP contribution in [0, 0.1) is 0 Å². The summed E-state index contributed by atoms with van der Waals surface area (Å²) in [5, 5.41) is 4.75. The molecular weight excluding hydrogens is 177 g/mol. The Balaban J connectivity index is 2.99. The van der Waals surface area contributed by atoms with Crippen molar-refractivity contribution >= 4 is 6.47 Å². The van der Waals surface area contributed by atoms with E-state index in [4.69, 9.17) is 0 Å². The van der Waals surface area contributed by atoms with E-state index >= 15 is 0 Å². The van der Waals surface area contributed by atoms with Gasteiger partial charge in [-0.25, -0.2) is 0 Å². The largest absolute Gasteiger partial charge is 0.436 e. The highest BCUT2D eigenvalue weighted by Crippen LogP contribution is 2.33. The summed E-state index contributed by atoms with van der Waals surface area (Å²) in [6.07, 6.45) is -3.81. The van der Waals surface area contributed by atoms with Gasteiger partial charge < -0.3 is 4.74 Å². The summed E-state index contributed by atoms with van der Waals surface area (Å²) in [6, 6.07) is 0. The minimum Gasteiger partial charge on any atom is -0.425 e. The van der Waals surface area contributed by atoms with E-state index in [0.29, 0.717) is 0 Å². The van der Waals surface area contributed by atoms with E-state index in [1.54, 1.807) is 5.10 Å². The van der Waals surface area contributed by atoms with Crippen molar-refractivity contribution in [3.05, 3.63) is 11.9 Å². The predicted molar refractivity (Wildman–Crippen MR) is 30.3 cm³/mol. The van der Waals surface area contributed by atoms with Crippen molar-refractivity contribution in [3.63, 3.8) is 0 Å². The number of aromatic amines is 1. The number of rotatable bonds is 2. The van der Waals surface area contributed by atoms with E-state index in [2.05, 4.69) is 9.84 Å². The van der Waals surface area contributed by atoms with Crippen molar-refractivity contribution in [1.82, 2.24) is 10.2 Å². The van der Waals surface area contributed by atoms with Crippen molar-refractivity contribution in [2.45, 2.75) is 6.18 Å². The quantitative estimate of drug-likeness (QED) is 0.689. The Bertz CT molecular complexity index is 280. The lowest BCUT2D eigenvalue weighted by Gasteiger charge is -2.03. The first-order valence-corrected chi connectivity index (χ1v) is 2.76. The van der Waals surface area contributed by atoms with Gasteiger partial charge in [-0.05, 0) is 0 Å². The van der Waals surface area contributed by atoms with Gasteiger partial charge in [0.25, 0.3) is 6.47 Å². The molecule has 0 aliphatic rings. The number of carbonyl (C=O) groups is 1. The predicted octanol–water partition coefficient (Wildman–Crippen LogP) is 0.964. The second kappa shape index (κ2) is 2.84. The standard InChI is InChI=1S/C5H3F3N2O2/c6-5(7,8)4-3(12-2-11)1-9-10-4/h1-2H,(H,9,10). The summed E-state index contributed by atoms with van der Waals surface area (Å²) in [5.74, 6) is -0.627. The van der Waals surface area contributed by atoms with E-state index in [-0.39, 0.29) is 6.47 Å². The van der Waals surface area contributed by atoms with Crippen molar-refractivity contribution in [2.24, 2.45) is 0 Å². The minimum atomic E-state index is -4.59. The maximum Gasteiger partial charge on any atom is 0.436 e. The molecule has 0 aliphatic carbocycles. The number of hydrogen-bond donors (Lipinski definition) is 1. The van der Waals surface area contributed by atoms with Crippen molar-refractivity contribution in [3.8, 4) is 5.75 Å². The molecule has 12 heavy (non-hydrogen) atoms. The van der Waals surface area contributed by atoms with E-state index < -0.39 is 17.6 Å². The zero-order valence-electron chi connectivity index (χ0n) is 5.55. The van der Waals surface area contributed by atoms with Crippen LogP contribution in [0.3, 0.4) is 0 Å². The fraction of sp³-hybridized carbons (Fsp3) is 0.200. The molecule has 0 amide bonds. The SMILES string of the molecule is O=COc1cn[nH]c1C(F)(F)F. The smallest absolute Gasteiger partial charge is 0.425 e. The number of carbonyl (C=O) groups excluding carboxylic acids is 1. The van der Waals surface area contributed by atoms with Gasteiger partial charge in [-0.3, -0.25) is 9.89 Å². The van der Waals surface area contributed by atoms with Crippen LogP contribution in [0.25, 0.3) is 0 Å². The van der Waals surface area contributed by atoms with Gasteiger partial charge in [-0.2, -0.15) is 18.3 Å². The number of alkyl halides is 3. The highest BCUT2D eigenvalue weighted by Gasteiger charge is 2.36. The maximum atomic E-state index is 11.9. The molecule has 0 unspecified atom stereocenters. The summed E-state index contributed by atoms with van der Waals surface area (Å²) in [6.45, 7) is -0.0971. The minimum absolute atomic E-state index is 0.0971. The summed E-state index contributed by atoms with van der Waals surface area (Å²) < 4.78 is 39.8. The molecule has 0 fully saturated rings. The molecule has 1 aromatic heterocycles. The Morgan fingerprint density at radius 3 is 2.75 bits per heavy atom. The number of halogens is 3. The molecule has 66 valence electrons. The number of H-pyrrole nitrogens is 1. The zero-order chi connectivity index (χ0) is 9.19. The molecule has 1 rings (SSSR count). The zero-order valence-corrected chi connectivity index (χ0v) is 5.55. The maximum absolute atomic E-state index is 11.9. The van der Waals surface area contributed by atoms with Crippen LogP contribution < -0.4 is 4.74 Å². The van der Waals surface area contributed by atoms with E-state index in [1.165, 1.54) is 0 Å². The third kappa shape index (κ3) is 1.55. The average Bonchev–Trinajstić information content (AvgIpc) is 2.34. The first-order valence-electron chi connectivity index (χ1n) is 2.76. The molecule has 0 radical (unpaired) electrons. The lowest BCUT2D eigenvalue weighted by atomic mass is 10.4. The van der Waals surface area contributed by atoms with Gasteiger partial charge in [0.1, 0.15) is 0 Å². The summed E-state index contributed by atoms with van der Waals surface area (Å²) >= 11 is 0. The van der Waals surface area contributed by atoms with Crippen molar-refractivity contribution < 1.29 is 22.7 Å². The summed E-state index contributed by atoms with van der Waals surface area (Å²) in [5.41, 5.74) is -1.17. The number of ether oxygens (including phenoxy) is 1. The van der Waals surface area contributed by atoms with Gasteiger partial charge in [-0.1, -0.05) is 0 Å². The summed E-state index contributed by atoms with van der Waals surface area (Å²) in [4.78, 5) is 9.72. The molecule has 0 bridgehead atoms. The van der Waals surface area contributed by atoms with Gasteiger partial charge >= 0.3 is 6.18 Å². The molecule has 0 aromatic carbocycles. The van der Waals surface area contributed by atoms with E-state index in [9.17, 15) is 18.0 Å². The second-order valence-corrected chi connectivity index (χ2v) is 1.82. The van der Waals surface area contributed by atoms with Crippen molar-refractivity contribution in [2.75, 3.05) is 0 Å². The lowest BCUT2D eigenvalue weighted by Crippen LogP contribution is -2.07. The fourth-order valence-electron chi connectivity index (χ4n) is 0.619. The molecular formula is C5H3F3N2O2. The van der Waals surface area contributed by atoms with Gasteiger partial charge in [0, 0.05) is 0 Å². The number of nitrogens with one attached hydrogen (secondary N) is 1. The molecule has 1 aromatic rings. The Kier molecular flexibility index (Phi) is 2.03. The highest BCUT2D eigenvalue weighted by atomic mass is 19.4. The normalized spacial score (nSPS) is 11.2. The van der Waals surface area contributed by atoms with Gasteiger partial charge in [0.2, 0.25) is 0 Å². The Hall–Kier alpha value is -1.53. The number of aromatic nitrogens is 2. The van der Waals surface area contributed by atoms with Crippen LogP contribution >= 0.6 is 0 Å². The van der Waals surface area contributed by atoms with Crippen LogP contribution in [0.15, 0.2) is 6.20 Å². The Labute approximate surface area is 64.3 Å². The Morgan fingerprint density at radius 2 is 2.25 bits per heavy atom. The topological polar surface area (TPSA) is 55.0 Å². The number of hydrogen-bond acceptors (Lipinski definition) is 3. The fourth-order valence-corrected chi connectivity index (χ4v) is 0.619. The third-order valence-corrected chi connectivity index (χ3v) is 1.06. The molecule has 0 saturated carbocycles. The van der Waals surface area contributed by atoms with Gasteiger partial charge in [0.15, 0.2) is 11.4 Å². The molecule has 1 N–H and O–H groups in total. The van der Waals surface area contributed by atoms with Crippen LogP contribution in [-0.4, -0.2) is 16.7 Å². The monoisotopic (exact) mass is 180 g/mol. The van der Waals surface area contributed by atoms with Crippen LogP contribution in [0.5, 0.6) is 5.75 Å². The van der Waals surface area contributed by atoms with E-state index in [1.807, 2.05) is 0 Å². The first kappa shape index (κ1) is 8.57. The van der Waals surface area contributed by atoms with Crippen LogP contribution in [0.2, 0.25) is 0 Å².